The lowest BCUT2D eigenvalue weighted by molar-refractivity contribution is -0.133. The fourth-order valence-corrected chi connectivity index (χ4v) is 1.82. The highest BCUT2D eigenvalue weighted by Crippen LogP contribution is 2.37. The molecule has 1 aliphatic heterocycles. The zero-order valence-electron chi connectivity index (χ0n) is 8.08. The van der Waals surface area contributed by atoms with Gasteiger partial charge in [0.25, 0.3) is 0 Å². The summed E-state index contributed by atoms with van der Waals surface area (Å²) in [5, 5.41) is 9.44. The van der Waals surface area contributed by atoms with Gasteiger partial charge in [-0.1, -0.05) is 23.7 Å². The van der Waals surface area contributed by atoms with Crippen LogP contribution in [0.1, 0.15) is 12.5 Å². The van der Waals surface area contributed by atoms with Gasteiger partial charge >= 0.3 is 5.97 Å². The topological polar surface area (TPSA) is 46.5 Å². The van der Waals surface area contributed by atoms with Crippen molar-refractivity contribution in [3.8, 4) is 5.75 Å². The zero-order valence-corrected chi connectivity index (χ0v) is 8.84. The Morgan fingerprint density at radius 3 is 2.93 bits per heavy atom. The molecule has 0 radical (unpaired) electrons. The molecule has 0 aromatic heterocycles. The molecule has 4 heteroatoms. The number of carbonyl (C=O) groups is 1. The largest absolute Gasteiger partial charge is 0.486 e. The predicted molar refractivity (Wildman–Crippen MR) is 57.2 cm³/mol. The molecular formula is C11H9ClO3. The average molecular weight is 225 g/mol. The number of ether oxygens (including phenoxy) is 1. The smallest absolute Gasteiger partial charge is 0.335 e. The van der Waals surface area contributed by atoms with Gasteiger partial charge in [0.2, 0.25) is 0 Å². The highest BCUT2D eigenvalue weighted by atomic mass is 35.5. The second-order valence-electron chi connectivity index (χ2n) is 3.31. The summed E-state index contributed by atoms with van der Waals surface area (Å²) in [5.74, 6) is -0.375. The Balaban J connectivity index is 2.62. The lowest BCUT2D eigenvalue weighted by Crippen LogP contribution is -2.17. The van der Waals surface area contributed by atoms with Crippen LogP contribution in [0.3, 0.4) is 0 Å². The van der Waals surface area contributed by atoms with E-state index in [0.717, 1.165) is 5.56 Å². The van der Waals surface area contributed by atoms with Gasteiger partial charge in [0.05, 0.1) is 10.6 Å². The molecule has 0 aliphatic carbocycles. The summed E-state index contributed by atoms with van der Waals surface area (Å²) >= 11 is 5.94. The van der Waals surface area contributed by atoms with E-state index in [1.54, 1.807) is 25.1 Å². The standard InChI is InChI=1S/C11H9ClO3/c1-6-7-3-2-4-9(12)10(7)15-5-8(6)11(13)14/h2-4H,5H2,1H3,(H,13,14). The molecule has 1 heterocycles. The number of fused-ring (bicyclic) bond motifs is 1. The summed E-state index contributed by atoms with van der Waals surface area (Å²) < 4.78 is 5.33. The third-order valence-corrected chi connectivity index (χ3v) is 2.74. The zero-order chi connectivity index (χ0) is 11.0. The quantitative estimate of drug-likeness (QED) is 0.798. The molecule has 0 amide bonds. The fraction of sp³-hybridized carbons (Fsp3) is 0.182. The van der Waals surface area contributed by atoms with Gasteiger partial charge in [-0.2, -0.15) is 0 Å². The van der Waals surface area contributed by atoms with Gasteiger partial charge < -0.3 is 9.84 Å². The van der Waals surface area contributed by atoms with Crippen LogP contribution < -0.4 is 4.74 Å². The van der Waals surface area contributed by atoms with Gasteiger partial charge in [-0.05, 0) is 18.6 Å². The van der Waals surface area contributed by atoms with E-state index < -0.39 is 5.97 Å². The molecule has 15 heavy (non-hydrogen) atoms. The summed E-state index contributed by atoms with van der Waals surface area (Å²) in [5.41, 5.74) is 1.75. The molecule has 0 atom stereocenters. The average Bonchev–Trinajstić information content (AvgIpc) is 2.19. The highest BCUT2D eigenvalue weighted by molar-refractivity contribution is 6.32. The maximum atomic E-state index is 10.9. The van der Waals surface area contributed by atoms with Crippen LogP contribution in [0.25, 0.3) is 5.57 Å². The summed E-state index contributed by atoms with van der Waals surface area (Å²) in [6, 6.07) is 5.30. The van der Waals surface area contributed by atoms with Gasteiger partial charge in [-0.25, -0.2) is 4.79 Å². The predicted octanol–water partition coefficient (Wildman–Crippen LogP) is 2.59. The van der Waals surface area contributed by atoms with Gasteiger partial charge in [0.15, 0.2) is 0 Å². The maximum Gasteiger partial charge on any atom is 0.335 e. The molecule has 0 saturated carbocycles. The van der Waals surface area contributed by atoms with E-state index in [9.17, 15) is 4.79 Å². The Bertz CT molecular complexity index is 463. The molecule has 1 aromatic rings. The number of aliphatic carboxylic acids is 1. The minimum atomic E-state index is -0.946. The first-order valence-electron chi connectivity index (χ1n) is 4.46. The lowest BCUT2D eigenvalue weighted by Gasteiger charge is -2.20. The Morgan fingerprint density at radius 2 is 2.27 bits per heavy atom. The second-order valence-corrected chi connectivity index (χ2v) is 3.72. The Morgan fingerprint density at radius 1 is 1.53 bits per heavy atom. The second kappa shape index (κ2) is 3.59. The molecule has 0 saturated heterocycles. The summed E-state index contributed by atoms with van der Waals surface area (Å²) in [6.07, 6.45) is 0. The van der Waals surface area contributed by atoms with E-state index in [4.69, 9.17) is 21.4 Å². The first kappa shape index (κ1) is 10.1. The van der Waals surface area contributed by atoms with Crippen LogP contribution >= 0.6 is 11.6 Å². The summed E-state index contributed by atoms with van der Waals surface area (Å²) in [4.78, 5) is 10.9. The van der Waals surface area contributed by atoms with Crippen LogP contribution in [0.5, 0.6) is 5.75 Å². The van der Waals surface area contributed by atoms with Crippen molar-refractivity contribution in [2.45, 2.75) is 6.92 Å². The summed E-state index contributed by atoms with van der Waals surface area (Å²) in [6.45, 7) is 1.83. The van der Waals surface area contributed by atoms with Crippen molar-refractivity contribution >= 4 is 23.1 Å². The van der Waals surface area contributed by atoms with Crippen molar-refractivity contribution in [2.75, 3.05) is 6.61 Å². The molecule has 1 aliphatic rings. The number of para-hydroxylation sites is 1. The first-order chi connectivity index (χ1) is 7.11. The van der Waals surface area contributed by atoms with Crippen LogP contribution in [0.15, 0.2) is 23.8 Å². The van der Waals surface area contributed by atoms with Crippen molar-refractivity contribution in [1.82, 2.24) is 0 Å². The number of hydrogen-bond acceptors (Lipinski definition) is 2. The Kier molecular flexibility index (Phi) is 2.40. The van der Waals surface area contributed by atoms with E-state index >= 15 is 0 Å². The van der Waals surface area contributed by atoms with E-state index in [-0.39, 0.29) is 12.2 Å². The number of rotatable bonds is 1. The highest BCUT2D eigenvalue weighted by Gasteiger charge is 2.22. The monoisotopic (exact) mass is 224 g/mol. The van der Waals surface area contributed by atoms with Crippen LogP contribution in [-0.4, -0.2) is 17.7 Å². The Hall–Kier alpha value is -1.48. The number of hydrogen-bond donors (Lipinski definition) is 1. The van der Waals surface area contributed by atoms with Crippen LogP contribution in [0, 0.1) is 0 Å². The molecule has 1 aromatic carbocycles. The maximum absolute atomic E-state index is 10.9. The van der Waals surface area contributed by atoms with Gasteiger partial charge in [-0.15, -0.1) is 0 Å². The van der Waals surface area contributed by atoms with Crippen molar-refractivity contribution in [3.05, 3.63) is 34.4 Å². The molecule has 2 rings (SSSR count). The van der Waals surface area contributed by atoms with E-state index in [1.807, 2.05) is 0 Å². The minimum Gasteiger partial charge on any atom is -0.486 e. The number of halogens is 1. The number of benzene rings is 1. The van der Waals surface area contributed by atoms with Crippen molar-refractivity contribution in [3.63, 3.8) is 0 Å². The van der Waals surface area contributed by atoms with E-state index in [0.29, 0.717) is 16.3 Å². The molecular weight excluding hydrogens is 216 g/mol. The molecule has 0 bridgehead atoms. The molecule has 0 unspecified atom stereocenters. The minimum absolute atomic E-state index is 0.0674. The third-order valence-electron chi connectivity index (χ3n) is 2.44. The number of allylic oxidation sites excluding steroid dienone is 1. The van der Waals surface area contributed by atoms with Crippen LogP contribution in [0.2, 0.25) is 5.02 Å². The number of carboxylic acids is 1. The molecule has 78 valence electrons. The molecule has 1 N–H and O–H groups in total. The van der Waals surface area contributed by atoms with Crippen molar-refractivity contribution in [2.24, 2.45) is 0 Å². The third kappa shape index (κ3) is 1.59. The van der Waals surface area contributed by atoms with Crippen LogP contribution in [-0.2, 0) is 4.79 Å². The summed E-state index contributed by atoms with van der Waals surface area (Å²) in [7, 11) is 0. The van der Waals surface area contributed by atoms with Crippen LogP contribution in [0.4, 0.5) is 0 Å². The molecule has 3 nitrogen and oxygen atoms in total. The molecule has 0 fully saturated rings. The van der Waals surface area contributed by atoms with Gasteiger partial charge in [-0.3, -0.25) is 0 Å². The van der Waals surface area contributed by atoms with E-state index in [1.165, 1.54) is 0 Å². The molecule has 0 spiro atoms. The Labute approximate surface area is 91.9 Å². The normalized spacial score (nSPS) is 14.5. The fourth-order valence-electron chi connectivity index (χ4n) is 1.59. The van der Waals surface area contributed by atoms with E-state index in [2.05, 4.69) is 0 Å². The number of carboxylic acid groups (broad SMARTS) is 1. The first-order valence-corrected chi connectivity index (χ1v) is 4.84. The van der Waals surface area contributed by atoms with Crippen molar-refractivity contribution < 1.29 is 14.6 Å². The SMILES string of the molecule is CC1=C(C(=O)O)COc2c(Cl)cccc21. The van der Waals surface area contributed by atoms with Gasteiger partial charge in [0, 0.05) is 5.56 Å². The lowest BCUT2D eigenvalue weighted by atomic mass is 9.99. The van der Waals surface area contributed by atoms with Gasteiger partial charge in [0.1, 0.15) is 12.4 Å². The van der Waals surface area contributed by atoms with Crippen molar-refractivity contribution in [1.29, 1.82) is 0 Å².